The van der Waals surface area contributed by atoms with Gasteiger partial charge < -0.3 is 10.2 Å². The van der Waals surface area contributed by atoms with Crippen LogP contribution in [0, 0.1) is 0 Å². The molecule has 0 aromatic rings. The third kappa shape index (κ3) is 3.40. The molecule has 18 heavy (non-hydrogen) atoms. The predicted octanol–water partition coefficient (Wildman–Crippen LogP) is 1.85. The zero-order chi connectivity index (χ0) is 14.9. The zero-order valence-electron chi connectivity index (χ0n) is 8.18. The molecule has 0 heterocycles. The lowest BCUT2D eigenvalue weighted by molar-refractivity contribution is -0.385. The van der Waals surface area contributed by atoms with E-state index in [4.69, 9.17) is 10.2 Å². The van der Waals surface area contributed by atoms with Crippen LogP contribution in [0.5, 0.6) is 0 Å². The minimum Gasteiger partial charge on any atom is -0.335 e. The second-order valence-electron chi connectivity index (χ2n) is 3.28. The fourth-order valence-corrected chi connectivity index (χ4v) is 0.851. The van der Waals surface area contributed by atoms with Gasteiger partial charge >= 0.3 is 12.0 Å². The Bertz CT molecular complexity index is 266. The highest BCUT2D eigenvalue weighted by Crippen LogP contribution is 2.37. The van der Waals surface area contributed by atoms with Crippen molar-refractivity contribution in [3.8, 4) is 0 Å². The maximum absolute atomic E-state index is 12.6. The quantitative estimate of drug-likeness (QED) is 0.580. The van der Waals surface area contributed by atoms with Gasteiger partial charge in [-0.05, 0) is 0 Å². The summed E-state index contributed by atoms with van der Waals surface area (Å²) in [4.78, 5) is 0. The minimum atomic E-state index is -5.88. The van der Waals surface area contributed by atoms with Crippen LogP contribution in [0.1, 0.15) is 0 Å². The van der Waals surface area contributed by atoms with E-state index in [1.165, 1.54) is 0 Å². The van der Waals surface area contributed by atoms with Gasteiger partial charge in [-0.25, -0.2) is 26.3 Å². The largest absolute Gasteiger partial charge is 0.384 e. The first-order chi connectivity index (χ1) is 7.84. The summed E-state index contributed by atoms with van der Waals surface area (Å²) in [5.74, 6) is -5.88. The molecule has 0 aromatic heterocycles. The molecule has 0 rings (SSSR count). The van der Waals surface area contributed by atoms with Gasteiger partial charge in [0.25, 0.3) is 6.43 Å². The topological polar surface area (TPSA) is 40.5 Å². The number of halogens is 9. The average molecular weight is 294 g/mol. The number of hydrogen-bond acceptors (Lipinski definition) is 2. The highest BCUT2D eigenvalue weighted by molar-refractivity contribution is 4.94. The van der Waals surface area contributed by atoms with Gasteiger partial charge in [-0.1, -0.05) is 0 Å². The molecule has 2 nitrogen and oxygen atoms in total. The van der Waals surface area contributed by atoms with E-state index in [1.807, 2.05) is 0 Å². The first-order valence-electron chi connectivity index (χ1n) is 4.20. The molecule has 0 aliphatic rings. The summed E-state index contributed by atoms with van der Waals surface area (Å²) < 4.78 is 110. The van der Waals surface area contributed by atoms with E-state index < -0.39 is 43.1 Å². The Morgan fingerprint density at radius 2 is 1.06 bits per heavy atom. The molecule has 2 N–H and O–H groups in total. The van der Waals surface area contributed by atoms with Gasteiger partial charge in [0.05, 0.1) is 0 Å². The highest BCUT2D eigenvalue weighted by Gasteiger charge is 2.64. The Morgan fingerprint density at radius 1 is 0.667 bits per heavy atom. The van der Waals surface area contributed by atoms with E-state index in [2.05, 4.69) is 0 Å². The molecule has 0 radical (unpaired) electrons. The summed E-state index contributed by atoms with van der Waals surface area (Å²) in [5, 5.41) is 15.5. The first-order valence-corrected chi connectivity index (χ1v) is 4.20. The summed E-state index contributed by atoms with van der Waals surface area (Å²) in [6.07, 6.45) is -20.9. The third-order valence-corrected chi connectivity index (χ3v) is 1.90. The van der Waals surface area contributed by atoms with Crippen LogP contribution in [0.15, 0.2) is 0 Å². The Balaban J connectivity index is 4.95. The molecular weight excluding hydrogens is 287 g/mol. The lowest BCUT2D eigenvalue weighted by Gasteiger charge is -2.29. The van der Waals surface area contributed by atoms with Crippen LogP contribution in [0.4, 0.5) is 39.5 Å². The summed E-state index contributed by atoms with van der Waals surface area (Å²) in [5.41, 5.74) is 0. The fraction of sp³-hybridized carbons (Fsp3) is 1.00. The summed E-state index contributed by atoms with van der Waals surface area (Å²) in [6.45, 7) is 0. The molecule has 110 valence electrons. The lowest BCUT2D eigenvalue weighted by atomic mass is 10.0. The van der Waals surface area contributed by atoms with Crippen LogP contribution in [-0.2, 0) is 0 Å². The molecule has 0 aliphatic carbocycles. The monoisotopic (exact) mass is 294 g/mol. The van der Waals surface area contributed by atoms with Crippen LogP contribution in [0.2, 0.25) is 0 Å². The van der Waals surface area contributed by atoms with E-state index in [0.29, 0.717) is 0 Å². The minimum absolute atomic E-state index is 3.93. The number of aliphatic hydroxyl groups is 2. The maximum Gasteiger partial charge on any atom is 0.384 e. The Morgan fingerprint density at radius 3 is 1.33 bits per heavy atom. The van der Waals surface area contributed by atoms with Gasteiger partial charge in [0, 0.05) is 0 Å². The highest BCUT2D eigenvalue weighted by atomic mass is 19.3. The van der Waals surface area contributed by atoms with Gasteiger partial charge in [0.1, 0.15) is 0 Å². The zero-order valence-corrected chi connectivity index (χ0v) is 8.18. The molecular formula is C7H7F9O2. The lowest BCUT2D eigenvalue weighted by Crippen LogP contribution is -2.56. The van der Waals surface area contributed by atoms with Crippen LogP contribution >= 0.6 is 0 Å². The fourth-order valence-electron chi connectivity index (χ4n) is 0.851. The molecule has 0 saturated carbocycles. The molecule has 11 heteroatoms. The second-order valence-corrected chi connectivity index (χ2v) is 3.28. The van der Waals surface area contributed by atoms with E-state index in [0.717, 1.165) is 0 Å². The summed E-state index contributed by atoms with van der Waals surface area (Å²) >= 11 is 0. The molecule has 0 bridgehead atoms. The SMILES string of the molecule is OC(O)(F)C(F)(F)C(F)C(F)C(F)C(F)C(F)F. The van der Waals surface area contributed by atoms with Crippen LogP contribution in [-0.4, -0.2) is 53.3 Å². The number of rotatable bonds is 6. The van der Waals surface area contributed by atoms with Crippen LogP contribution in [0.25, 0.3) is 0 Å². The van der Waals surface area contributed by atoms with Crippen molar-refractivity contribution < 1.29 is 49.7 Å². The van der Waals surface area contributed by atoms with Crippen molar-refractivity contribution >= 4 is 0 Å². The van der Waals surface area contributed by atoms with Crippen molar-refractivity contribution in [1.82, 2.24) is 0 Å². The van der Waals surface area contributed by atoms with Crippen molar-refractivity contribution in [3.63, 3.8) is 0 Å². The average Bonchev–Trinajstić information content (AvgIpc) is 2.23. The van der Waals surface area contributed by atoms with Crippen molar-refractivity contribution in [2.45, 2.75) is 43.1 Å². The molecule has 0 aromatic carbocycles. The molecule has 0 spiro atoms. The van der Waals surface area contributed by atoms with Gasteiger partial charge in [-0.15, -0.1) is 0 Å². The van der Waals surface area contributed by atoms with Crippen LogP contribution < -0.4 is 0 Å². The van der Waals surface area contributed by atoms with E-state index in [-0.39, 0.29) is 0 Å². The van der Waals surface area contributed by atoms with E-state index in [1.54, 1.807) is 0 Å². The molecule has 0 amide bonds. The van der Waals surface area contributed by atoms with Crippen molar-refractivity contribution in [1.29, 1.82) is 0 Å². The summed E-state index contributed by atoms with van der Waals surface area (Å²) in [7, 11) is 0. The van der Waals surface area contributed by atoms with Gasteiger partial charge in [0.2, 0.25) is 6.17 Å². The number of alkyl halides is 9. The van der Waals surface area contributed by atoms with E-state index in [9.17, 15) is 39.5 Å². The number of hydrogen-bond donors (Lipinski definition) is 2. The first kappa shape index (κ1) is 17.3. The van der Waals surface area contributed by atoms with Crippen molar-refractivity contribution in [2.24, 2.45) is 0 Å². The van der Waals surface area contributed by atoms with Crippen molar-refractivity contribution in [2.75, 3.05) is 0 Å². The Hall–Kier alpha value is -0.710. The molecule has 0 saturated heterocycles. The standard InChI is InChI=1S/C7H7F9O2/c8-1(3(10)5(12)13)2(9)4(11)6(14,15)7(16,17)18/h1-5,17-18H. The normalized spacial score (nSPS) is 20.7. The Kier molecular flexibility index (Phi) is 5.29. The maximum atomic E-state index is 12.6. The predicted molar refractivity (Wildman–Crippen MR) is 38.8 cm³/mol. The smallest absolute Gasteiger partial charge is 0.335 e. The van der Waals surface area contributed by atoms with Gasteiger partial charge in [-0.2, -0.15) is 13.2 Å². The second kappa shape index (κ2) is 5.51. The molecule has 4 atom stereocenters. The molecule has 0 aliphatic heterocycles. The Labute approximate surface area is 94.0 Å². The summed E-state index contributed by atoms with van der Waals surface area (Å²) in [6, 6.07) is -5.56. The van der Waals surface area contributed by atoms with Gasteiger partial charge in [-0.3, -0.25) is 0 Å². The van der Waals surface area contributed by atoms with Crippen LogP contribution in [0.3, 0.4) is 0 Å². The molecule has 4 unspecified atom stereocenters. The third-order valence-electron chi connectivity index (χ3n) is 1.90. The van der Waals surface area contributed by atoms with Gasteiger partial charge in [0.15, 0.2) is 18.5 Å². The molecule has 0 fully saturated rings. The van der Waals surface area contributed by atoms with Crippen molar-refractivity contribution in [3.05, 3.63) is 0 Å². The van der Waals surface area contributed by atoms with E-state index >= 15 is 0 Å².